The molecular formula is C23H24FN3O2. The van der Waals surface area contributed by atoms with Crippen molar-refractivity contribution in [3.63, 3.8) is 0 Å². The van der Waals surface area contributed by atoms with Gasteiger partial charge in [-0.3, -0.25) is 4.79 Å². The molecule has 1 atom stereocenters. The molecule has 1 fully saturated rings. The Bertz CT molecular complexity index is 1020. The Hall–Kier alpha value is -2.89. The predicted octanol–water partition coefficient (Wildman–Crippen LogP) is 3.32. The molecule has 29 heavy (non-hydrogen) atoms. The van der Waals surface area contributed by atoms with Gasteiger partial charge in [-0.1, -0.05) is 30.3 Å². The van der Waals surface area contributed by atoms with Gasteiger partial charge in [0.2, 0.25) is 0 Å². The highest BCUT2D eigenvalue weighted by atomic mass is 19.1. The van der Waals surface area contributed by atoms with Crippen LogP contribution in [-0.4, -0.2) is 35.6 Å². The number of hydrogen-bond acceptors (Lipinski definition) is 3. The summed E-state index contributed by atoms with van der Waals surface area (Å²) in [6, 6.07) is 11.2. The van der Waals surface area contributed by atoms with Gasteiger partial charge in [0.1, 0.15) is 18.0 Å². The minimum Gasteiger partial charge on any atom is -0.351 e. The van der Waals surface area contributed by atoms with E-state index < -0.39 is 5.54 Å². The Labute approximate surface area is 169 Å². The maximum Gasteiger partial charge on any atom is 0.326 e. The third-order valence-electron chi connectivity index (χ3n) is 6.47. The molecule has 2 heterocycles. The number of carbonyl (C=O) groups is 2. The fraction of sp³-hybridized carbons (Fsp3) is 0.391. The molecule has 2 aliphatic heterocycles. The summed E-state index contributed by atoms with van der Waals surface area (Å²) >= 11 is 0. The number of nitrogens with zero attached hydrogens (tertiary/aromatic N) is 2. The maximum absolute atomic E-state index is 14.7. The molecule has 3 aliphatic rings. The van der Waals surface area contributed by atoms with Gasteiger partial charge in [-0.15, -0.1) is 0 Å². The van der Waals surface area contributed by atoms with Crippen LogP contribution in [0.3, 0.4) is 0 Å². The van der Waals surface area contributed by atoms with Crippen molar-refractivity contribution in [3.05, 3.63) is 64.5 Å². The second-order valence-corrected chi connectivity index (χ2v) is 8.45. The quantitative estimate of drug-likeness (QED) is 0.797. The smallest absolute Gasteiger partial charge is 0.326 e. The van der Waals surface area contributed by atoms with E-state index in [0.717, 1.165) is 36.0 Å². The van der Waals surface area contributed by atoms with Crippen LogP contribution in [0.5, 0.6) is 0 Å². The zero-order valence-corrected chi connectivity index (χ0v) is 16.5. The average molecular weight is 393 g/mol. The van der Waals surface area contributed by atoms with E-state index in [4.69, 9.17) is 0 Å². The van der Waals surface area contributed by atoms with Crippen LogP contribution in [0.15, 0.2) is 36.4 Å². The van der Waals surface area contributed by atoms with Crippen LogP contribution in [0.2, 0.25) is 0 Å². The number of benzene rings is 2. The fourth-order valence-corrected chi connectivity index (χ4v) is 5.06. The lowest BCUT2D eigenvalue weighted by Crippen LogP contribution is -2.52. The summed E-state index contributed by atoms with van der Waals surface area (Å²) in [6.45, 7) is 2.59. The number of rotatable bonds is 2. The molecule has 3 amide bonds. The van der Waals surface area contributed by atoms with Crippen molar-refractivity contribution in [2.45, 2.75) is 44.6 Å². The molecule has 0 bridgehead atoms. The maximum atomic E-state index is 14.7. The number of urea groups is 1. The van der Waals surface area contributed by atoms with Gasteiger partial charge in [0.25, 0.3) is 5.91 Å². The van der Waals surface area contributed by atoms with Gasteiger partial charge in [0.05, 0.1) is 5.69 Å². The number of aryl methyl sites for hydroxylation is 3. The second-order valence-electron chi connectivity index (χ2n) is 8.45. The van der Waals surface area contributed by atoms with E-state index in [1.165, 1.54) is 16.5 Å². The third kappa shape index (κ3) is 2.89. The molecule has 2 aromatic carbocycles. The second kappa shape index (κ2) is 6.58. The summed E-state index contributed by atoms with van der Waals surface area (Å²) in [7, 11) is 0. The van der Waals surface area contributed by atoms with Gasteiger partial charge in [-0.2, -0.15) is 0 Å². The Morgan fingerprint density at radius 3 is 2.72 bits per heavy atom. The Morgan fingerprint density at radius 1 is 1.10 bits per heavy atom. The van der Waals surface area contributed by atoms with Crippen LogP contribution < -0.4 is 10.2 Å². The molecule has 0 aromatic heterocycles. The minimum atomic E-state index is -0.879. The van der Waals surface area contributed by atoms with Crippen LogP contribution in [0.1, 0.15) is 35.1 Å². The lowest BCUT2D eigenvalue weighted by molar-refractivity contribution is -0.131. The van der Waals surface area contributed by atoms with Crippen LogP contribution in [0, 0.1) is 12.7 Å². The van der Waals surface area contributed by atoms with Gasteiger partial charge in [-0.05, 0) is 60.9 Å². The van der Waals surface area contributed by atoms with Crippen LogP contribution in [-0.2, 0) is 24.1 Å². The van der Waals surface area contributed by atoms with Crippen molar-refractivity contribution in [1.29, 1.82) is 0 Å². The van der Waals surface area contributed by atoms with E-state index in [1.54, 1.807) is 0 Å². The molecule has 0 saturated carbocycles. The molecule has 2 aromatic rings. The van der Waals surface area contributed by atoms with Crippen molar-refractivity contribution >= 4 is 17.6 Å². The number of imide groups is 1. The molecule has 6 heteroatoms. The lowest BCUT2D eigenvalue weighted by Gasteiger charge is -2.35. The summed E-state index contributed by atoms with van der Waals surface area (Å²) in [5, 5.41) is 2.96. The van der Waals surface area contributed by atoms with Crippen LogP contribution >= 0.6 is 0 Å². The number of hydrogen-bond donors (Lipinski definition) is 1. The summed E-state index contributed by atoms with van der Waals surface area (Å²) in [5.41, 5.74) is 3.83. The third-order valence-corrected chi connectivity index (χ3v) is 6.47. The molecule has 150 valence electrons. The predicted molar refractivity (Wildman–Crippen MR) is 108 cm³/mol. The SMILES string of the molecule is Cc1cc(F)c2c(c1)CCCN2CN1C(=O)NC2(CCc3ccccc3C2)C1=O. The minimum absolute atomic E-state index is 0.0844. The average Bonchev–Trinajstić information content (AvgIpc) is 2.91. The lowest BCUT2D eigenvalue weighted by atomic mass is 9.78. The largest absolute Gasteiger partial charge is 0.351 e. The zero-order chi connectivity index (χ0) is 20.2. The summed E-state index contributed by atoms with van der Waals surface area (Å²) in [4.78, 5) is 29.2. The first kappa shape index (κ1) is 18.2. The molecule has 1 spiro atoms. The number of fused-ring (bicyclic) bond motifs is 2. The van der Waals surface area contributed by atoms with Crippen molar-refractivity contribution in [1.82, 2.24) is 10.2 Å². The van der Waals surface area contributed by atoms with Gasteiger partial charge >= 0.3 is 6.03 Å². The monoisotopic (exact) mass is 393 g/mol. The highest BCUT2D eigenvalue weighted by Gasteiger charge is 2.52. The van der Waals surface area contributed by atoms with Gasteiger partial charge < -0.3 is 10.2 Å². The standard InChI is InChI=1S/C23H24FN3O2/c1-15-11-17-7-4-10-26(20(17)19(24)12-15)14-27-21(28)23(25-22(27)29)9-8-16-5-2-3-6-18(16)13-23/h2-3,5-6,11-12H,4,7-10,13-14H2,1H3,(H,25,29). The van der Waals surface area contributed by atoms with E-state index in [0.29, 0.717) is 25.1 Å². The summed E-state index contributed by atoms with van der Waals surface area (Å²) in [5.74, 6) is -0.482. The van der Waals surface area contributed by atoms with Crippen molar-refractivity contribution in [3.8, 4) is 0 Å². The molecule has 1 saturated heterocycles. The van der Waals surface area contributed by atoms with Crippen molar-refractivity contribution in [2.75, 3.05) is 18.1 Å². The van der Waals surface area contributed by atoms with Crippen LogP contribution in [0.4, 0.5) is 14.9 Å². The number of halogens is 1. The highest BCUT2D eigenvalue weighted by molar-refractivity contribution is 6.07. The molecule has 0 radical (unpaired) electrons. The highest BCUT2D eigenvalue weighted by Crippen LogP contribution is 2.35. The summed E-state index contributed by atoms with van der Waals surface area (Å²) in [6.07, 6.45) is 3.55. The first-order valence-electron chi connectivity index (χ1n) is 10.2. The Kier molecular flexibility index (Phi) is 4.12. The van der Waals surface area contributed by atoms with Gasteiger partial charge in [-0.25, -0.2) is 14.1 Å². The van der Waals surface area contributed by atoms with Crippen LogP contribution in [0.25, 0.3) is 0 Å². The van der Waals surface area contributed by atoms with E-state index in [-0.39, 0.29) is 24.4 Å². The topological polar surface area (TPSA) is 52.6 Å². The number of amides is 3. The first-order valence-corrected chi connectivity index (χ1v) is 10.2. The summed E-state index contributed by atoms with van der Waals surface area (Å²) < 4.78 is 14.7. The Balaban J connectivity index is 1.42. The van der Waals surface area contributed by atoms with Crippen molar-refractivity contribution < 1.29 is 14.0 Å². The Morgan fingerprint density at radius 2 is 1.90 bits per heavy atom. The van der Waals surface area contributed by atoms with E-state index >= 15 is 0 Å². The number of anilines is 1. The normalized spacial score (nSPS) is 23.2. The van der Waals surface area contributed by atoms with E-state index in [9.17, 15) is 14.0 Å². The molecule has 1 aliphatic carbocycles. The van der Waals surface area contributed by atoms with E-state index in [2.05, 4.69) is 11.4 Å². The molecule has 5 nitrogen and oxygen atoms in total. The molecule has 5 rings (SSSR count). The van der Waals surface area contributed by atoms with Gasteiger partial charge in [0.15, 0.2) is 0 Å². The molecule has 1 N–H and O–H groups in total. The van der Waals surface area contributed by atoms with E-state index in [1.807, 2.05) is 36.1 Å². The van der Waals surface area contributed by atoms with Gasteiger partial charge in [0, 0.05) is 13.0 Å². The molecule has 1 unspecified atom stereocenters. The molecular weight excluding hydrogens is 369 g/mol. The van der Waals surface area contributed by atoms with Crippen molar-refractivity contribution in [2.24, 2.45) is 0 Å². The fourth-order valence-electron chi connectivity index (χ4n) is 5.06. The first-order chi connectivity index (χ1) is 14.0. The zero-order valence-electron chi connectivity index (χ0n) is 16.5. The number of nitrogens with one attached hydrogen (secondary N) is 1. The number of carbonyl (C=O) groups excluding carboxylic acids is 2.